The van der Waals surface area contributed by atoms with E-state index in [0.717, 1.165) is 23.1 Å². The topological polar surface area (TPSA) is 69.6 Å². The average molecular weight is 493 g/mol. The van der Waals surface area contributed by atoms with Gasteiger partial charge in [0.25, 0.3) is 0 Å². The molecule has 8 heteroatoms. The summed E-state index contributed by atoms with van der Waals surface area (Å²) in [6.07, 6.45) is 4.95. The zero-order chi connectivity index (χ0) is 18.4. The predicted octanol–water partition coefficient (Wildman–Crippen LogP) is 3.08. The molecule has 0 bridgehead atoms. The third-order valence-electron chi connectivity index (χ3n) is 4.72. The average Bonchev–Trinajstić information content (AvgIpc) is 2.89. The van der Waals surface area contributed by atoms with Crippen molar-refractivity contribution in [2.24, 2.45) is 10.9 Å². The minimum absolute atomic E-state index is 0. The van der Waals surface area contributed by atoms with E-state index in [1.807, 2.05) is 13.8 Å². The van der Waals surface area contributed by atoms with Crippen LogP contribution in [0.1, 0.15) is 48.2 Å². The molecule has 0 spiro atoms. The first-order chi connectivity index (χ1) is 11.9. The molecule has 0 aliphatic heterocycles. The van der Waals surface area contributed by atoms with Gasteiger partial charge in [-0.3, -0.25) is 4.79 Å². The first-order valence-corrected chi connectivity index (χ1v) is 9.86. The van der Waals surface area contributed by atoms with E-state index >= 15 is 0 Å². The van der Waals surface area contributed by atoms with E-state index in [1.54, 1.807) is 30.3 Å². The Bertz CT molecular complexity index is 617. The first-order valence-electron chi connectivity index (χ1n) is 9.04. The van der Waals surface area contributed by atoms with Crippen molar-refractivity contribution in [3.8, 4) is 0 Å². The molecule has 1 saturated carbocycles. The van der Waals surface area contributed by atoms with Crippen LogP contribution in [-0.4, -0.2) is 48.4 Å². The van der Waals surface area contributed by atoms with Crippen LogP contribution < -0.4 is 10.6 Å². The molecular weight excluding hydrogens is 461 g/mol. The predicted molar refractivity (Wildman–Crippen MR) is 119 cm³/mol. The molecule has 2 unspecified atom stereocenters. The van der Waals surface area contributed by atoms with Crippen molar-refractivity contribution in [2.45, 2.75) is 59.0 Å². The van der Waals surface area contributed by atoms with E-state index < -0.39 is 0 Å². The summed E-state index contributed by atoms with van der Waals surface area (Å²) in [4.78, 5) is 23.7. The number of aryl methyl sites for hydroxylation is 2. The smallest absolute Gasteiger partial charge is 0.243 e. The number of nitrogens with zero attached hydrogens (tertiary/aromatic N) is 3. The van der Waals surface area contributed by atoms with Gasteiger partial charge in [-0.05, 0) is 32.6 Å². The quantitative estimate of drug-likeness (QED) is 0.376. The van der Waals surface area contributed by atoms with Crippen molar-refractivity contribution >= 4 is 47.2 Å². The summed E-state index contributed by atoms with van der Waals surface area (Å²) in [6.45, 7) is 7.18. The normalized spacial score (nSPS) is 20.3. The highest BCUT2D eigenvalue weighted by Gasteiger charge is 2.22. The number of halogens is 1. The molecule has 1 heterocycles. The van der Waals surface area contributed by atoms with Gasteiger partial charge >= 0.3 is 0 Å². The molecule has 1 aromatic heterocycles. The molecule has 0 aromatic carbocycles. The van der Waals surface area contributed by atoms with Gasteiger partial charge in [-0.2, -0.15) is 0 Å². The summed E-state index contributed by atoms with van der Waals surface area (Å²) in [5.41, 5.74) is 1.06. The van der Waals surface area contributed by atoms with Crippen LogP contribution >= 0.6 is 35.3 Å². The van der Waals surface area contributed by atoms with Crippen LogP contribution in [0.5, 0.6) is 0 Å². The van der Waals surface area contributed by atoms with Gasteiger partial charge in [-0.25, -0.2) is 9.98 Å². The monoisotopic (exact) mass is 493 g/mol. The van der Waals surface area contributed by atoms with Gasteiger partial charge in [0.05, 0.1) is 17.2 Å². The largest absolute Gasteiger partial charge is 0.353 e. The van der Waals surface area contributed by atoms with Gasteiger partial charge in [0.15, 0.2) is 5.96 Å². The van der Waals surface area contributed by atoms with Gasteiger partial charge in [-0.1, -0.05) is 19.8 Å². The van der Waals surface area contributed by atoms with E-state index in [2.05, 4.69) is 27.5 Å². The van der Waals surface area contributed by atoms with E-state index in [0.29, 0.717) is 18.5 Å². The van der Waals surface area contributed by atoms with Crippen molar-refractivity contribution in [2.75, 3.05) is 20.6 Å². The van der Waals surface area contributed by atoms with Crippen LogP contribution in [0.15, 0.2) is 4.99 Å². The summed E-state index contributed by atoms with van der Waals surface area (Å²) in [6, 6.07) is 0.416. The van der Waals surface area contributed by atoms with E-state index in [9.17, 15) is 4.79 Å². The van der Waals surface area contributed by atoms with E-state index in [-0.39, 0.29) is 36.4 Å². The zero-order valence-electron chi connectivity index (χ0n) is 16.5. The zero-order valence-corrected chi connectivity index (χ0v) is 19.6. The number of aliphatic imine (C=N–C) groups is 1. The summed E-state index contributed by atoms with van der Waals surface area (Å²) < 4.78 is 0. The number of rotatable bonds is 5. The second-order valence-corrected chi connectivity index (χ2v) is 8.35. The number of nitrogens with one attached hydrogen (secondary N) is 2. The fraction of sp³-hybridized carbons (Fsp3) is 0.722. The summed E-state index contributed by atoms with van der Waals surface area (Å²) in [5.74, 6) is 1.35. The lowest BCUT2D eigenvalue weighted by Gasteiger charge is -2.31. The molecule has 1 fully saturated rings. The maximum absolute atomic E-state index is 11.9. The molecule has 6 nitrogen and oxygen atoms in total. The fourth-order valence-electron chi connectivity index (χ4n) is 3.05. The SMILES string of the molecule is Cc1nc(C)c(CNC(=NCC(=O)N(C)C)NC2CCCCC2C)s1.I. The molecular formula is C18H32IN5OS. The van der Waals surface area contributed by atoms with Crippen LogP contribution in [0.2, 0.25) is 0 Å². The fourth-order valence-corrected chi connectivity index (χ4v) is 3.93. The Balaban J connectivity index is 0.00000338. The van der Waals surface area contributed by atoms with Crippen molar-refractivity contribution < 1.29 is 4.79 Å². The van der Waals surface area contributed by atoms with Gasteiger partial charge < -0.3 is 15.5 Å². The molecule has 2 atom stereocenters. The second kappa shape index (κ2) is 11.1. The van der Waals surface area contributed by atoms with Crippen LogP contribution in [0.25, 0.3) is 0 Å². The van der Waals surface area contributed by atoms with Gasteiger partial charge in [0, 0.05) is 25.0 Å². The molecule has 1 aliphatic rings. The molecule has 1 amide bonds. The maximum Gasteiger partial charge on any atom is 0.243 e. The van der Waals surface area contributed by atoms with Crippen LogP contribution in [0, 0.1) is 19.8 Å². The Hall–Kier alpha value is -0.900. The second-order valence-electron chi connectivity index (χ2n) is 7.06. The number of carbonyl (C=O) groups is 1. The minimum atomic E-state index is 0. The first kappa shape index (κ1) is 23.1. The summed E-state index contributed by atoms with van der Waals surface area (Å²) in [5, 5.41) is 8.01. The number of amides is 1. The Kier molecular flexibility index (Phi) is 9.84. The lowest BCUT2D eigenvalue weighted by atomic mass is 9.86. The molecule has 0 radical (unpaired) electrons. The molecule has 2 N–H and O–H groups in total. The Morgan fingerprint density at radius 3 is 2.58 bits per heavy atom. The minimum Gasteiger partial charge on any atom is -0.353 e. The van der Waals surface area contributed by atoms with Crippen molar-refractivity contribution in [3.63, 3.8) is 0 Å². The van der Waals surface area contributed by atoms with Crippen LogP contribution in [0.3, 0.4) is 0 Å². The van der Waals surface area contributed by atoms with Crippen molar-refractivity contribution in [3.05, 3.63) is 15.6 Å². The Labute approximate surface area is 178 Å². The number of thiazole rings is 1. The third kappa shape index (κ3) is 7.02. The van der Waals surface area contributed by atoms with Crippen LogP contribution in [-0.2, 0) is 11.3 Å². The lowest BCUT2D eigenvalue weighted by Crippen LogP contribution is -2.47. The lowest BCUT2D eigenvalue weighted by molar-refractivity contribution is -0.127. The standard InChI is InChI=1S/C18H31N5OS.HI/c1-12-8-6-7-9-15(12)22-18(20-11-17(24)23(4)5)19-10-16-13(2)21-14(3)25-16;/h12,15H,6-11H2,1-5H3,(H2,19,20,22);1H. The highest BCUT2D eigenvalue weighted by Crippen LogP contribution is 2.23. The third-order valence-corrected chi connectivity index (χ3v) is 5.79. The molecule has 26 heavy (non-hydrogen) atoms. The highest BCUT2D eigenvalue weighted by molar-refractivity contribution is 14.0. The number of carbonyl (C=O) groups excluding carboxylic acids is 1. The van der Waals surface area contributed by atoms with Gasteiger partial charge in [0.1, 0.15) is 6.54 Å². The van der Waals surface area contributed by atoms with E-state index in [1.165, 1.54) is 24.1 Å². The van der Waals surface area contributed by atoms with Gasteiger partial charge in [-0.15, -0.1) is 35.3 Å². The number of hydrogen-bond donors (Lipinski definition) is 2. The van der Waals surface area contributed by atoms with Crippen molar-refractivity contribution in [1.29, 1.82) is 0 Å². The number of hydrogen-bond acceptors (Lipinski definition) is 4. The molecule has 2 rings (SSSR count). The Morgan fingerprint density at radius 2 is 2.00 bits per heavy atom. The number of aromatic nitrogens is 1. The maximum atomic E-state index is 11.9. The van der Waals surface area contributed by atoms with Crippen LogP contribution in [0.4, 0.5) is 0 Å². The summed E-state index contributed by atoms with van der Waals surface area (Å²) >= 11 is 1.70. The summed E-state index contributed by atoms with van der Waals surface area (Å²) in [7, 11) is 3.51. The molecule has 0 saturated heterocycles. The number of guanidine groups is 1. The number of likely N-dealkylation sites (N-methyl/N-ethyl adjacent to an activating group) is 1. The molecule has 1 aromatic rings. The molecule has 1 aliphatic carbocycles. The Morgan fingerprint density at radius 1 is 1.31 bits per heavy atom. The van der Waals surface area contributed by atoms with E-state index in [4.69, 9.17) is 0 Å². The van der Waals surface area contributed by atoms with Crippen molar-refractivity contribution in [1.82, 2.24) is 20.5 Å². The molecule has 148 valence electrons. The highest BCUT2D eigenvalue weighted by atomic mass is 127. The van der Waals surface area contributed by atoms with Gasteiger partial charge in [0.2, 0.25) is 5.91 Å².